The fraction of sp³-hybridized carbons (Fsp3) is 0.333. The number of hydrogen-bond donors (Lipinski definition) is 1. The van der Waals surface area contributed by atoms with Gasteiger partial charge in [-0.2, -0.15) is 0 Å². The summed E-state index contributed by atoms with van der Waals surface area (Å²) in [5.74, 6) is 0.378. The van der Waals surface area contributed by atoms with Gasteiger partial charge in [0.25, 0.3) is 0 Å². The average molecular weight is 383 g/mol. The van der Waals surface area contributed by atoms with E-state index < -0.39 is 11.6 Å². The van der Waals surface area contributed by atoms with Crippen LogP contribution < -0.4 is 4.90 Å². The molecule has 1 aliphatic rings. The van der Waals surface area contributed by atoms with Crippen molar-refractivity contribution in [3.05, 3.63) is 41.7 Å². The number of nitrogens with one attached hydrogen (secondary N) is 1. The van der Waals surface area contributed by atoms with Gasteiger partial charge in [0.2, 0.25) is 0 Å². The highest BCUT2D eigenvalue weighted by Crippen LogP contribution is 2.30. The van der Waals surface area contributed by atoms with Crippen molar-refractivity contribution in [3.8, 4) is 11.3 Å². The van der Waals surface area contributed by atoms with E-state index in [1.165, 1.54) is 18.6 Å². The van der Waals surface area contributed by atoms with Crippen LogP contribution in [0.5, 0.6) is 0 Å². The Bertz CT molecular complexity index is 889. The molecule has 0 radical (unpaired) electrons. The molecule has 3 aromatic rings. The highest BCUT2D eigenvalue weighted by atomic mass is 35.5. The molecule has 26 heavy (non-hydrogen) atoms. The zero-order chi connectivity index (χ0) is 16.7. The molecule has 0 spiro atoms. The van der Waals surface area contributed by atoms with Crippen molar-refractivity contribution in [1.29, 1.82) is 0 Å². The zero-order valence-electron chi connectivity index (χ0n) is 14.4. The maximum absolute atomic E-state index is 13.5. The quantitative estimate of drug-likeness (QED) is 0.732. The van der Waals surface area contributed by atoms with E-state index in [9.17, 15) is 8.78 Å². The summed E-state index contributed by atoms with van der Waals surface area (Å²) in [4.78, 5) is 14.6. The van der Waals surface area contributed by atoms with E-state index in [0.717, 1.165) is 48.8 Å². The minimum Gasteiger partial charge on any atom is -0.412 e. The van der Waals surface area contributed by atoms with Crippen LogP contribution >= 0.6 is 12.4 Å². The average Bonchev–Trinajstić information content (AvgIpc) is 2.98. The van der Waals surface area contributed by atoms with Crippen LogP contribution in [0.25, 0.3) is 22.3 Å². The van der Waals surface area contributed by atoms with Gasteiger partial charge in [0.05, 0.1) is 5.52 Å². The first-order valence-electron chi connectivity index (χ1n) is 8.19. The van der Waals surface area contributed by atoms with E-state index in [1.54, 1.807) is 0 Å². The molecule has 1 aromatic carbocycles. The Morgan fingerprint density at radius 1 is 0.962 bits per heavy atom. The van der Waals surface area contributed by atoms with E-state index in [4.69, 9.17) is 0 Å². The maximum atomic E-state index is 13.5. The van der Waals surface area contributed by atoms with Crippen molar-refractivity contribution >= 4 is 29.3 Å². The van der Waals surface area contributed by atoms with Crippen LogP contribution in [0.2, 0.25) is 0 Å². The Hall–Kier alpha value is -2.25. The lowest BCUT2D eigenvalue weighted by Gasteiger charge is -2.28. The molecular formula is C18H21ClF2N4O. The SMILES string of the molecule is Cc1nc(N2CCCCC2)c2[nH]c(-c3cc(F)cc(F)c3)cc2n1.Cl.O. The number of H-pyrrole nitrogens is 1. The van der Waals surface area contributed by atoms with Gasteiger partial charge >= 0.3 is 0 Å². The third-order valence-electron chi connectivity index (χ3n) is 4.40. The van der Waals surface area contributed by atoms with E-state index in [1.807, 2.05) is 13.0 Å². The Kier molecular flexibility index (Phi) is 6.15. The van der Waals surface area contributed by atoms with Gasteiger partial charge in [-0.05, 0) is 44.4 Å². The van der Waals surface area contributed by atoms with Crippen molar-refractivity contribution in [2.24, 2.45) is 0 Å². The Labute approximate surface area is 156 Å². The van der Waals surface area contributed by atoms with Crippen molar-refractivity contribution in [2.75, 3.05) is 18.0 Å². The number of hydrogen-bond acceptors (Lipinski definition) is 3. The number of fused-ring (bicyclic) bond motifs is 1. The molecule has 3 N–H and O–H groups in total. The maximum Gasteiger partial charge on any atom is 0.156 e. The molecule has 4 rings (SSSR count). The Morgan fingerprint density at radius 2 is 1.62 bits per heavy atom. The summed E-state index contributed by atoms with van der Waals surface area (Å²) in [5.41, 5.74) is 2.69. The van der Waals surface area contributed by atoms with Gasteiger partial charge in [-0.25, -0.2) is 18.7 Å². The first-order valence-corrected chi connectivity index (χ1v) is 8.19. The summed E-state index contributed by atoms with van der Waals surface area (Å²) in [6.07, 6.45) is 3.53. The number of benzene rings is 1. The molecule has 3 heterocycles. The molecule has 1 saturated heterocycles. The number of aromatic amines is 1. The largest absolute Gasteiger partial charge is 0.412 e. The monoisotopic (exact) mass is 382 g/mol. The van der Waals surface area contributed by atoms with Crippen LogP contribution in [0.3, 0.4) is 0 Å². The zero-order valence-corrected chi connectivity index (χ0v) is 15.2. The molecule has 8 heteroatoms. The van der Waals surface area contributed by atoms with Gasteiger partial charge in [0.15, 0.2) is 5.82 Å². The van der Waals surface area contributed by atoms with Crippen LogP contribution in [0.1, 0.15) is 25.1 Å². The molecule has 0 saturated carbocycles. The van der Waals surface area contributed by atoms with Crippen LogP contribution in [0.4, 0.5) is 14.6 Å². The van der Waals surface area contributed by atoms with Crippen molar-refractivity contribution in [1.82, 2.24) is 15.0 Å². The molecule has 140 valence electrons. The fourth-order valence-electron chi connectivity index (χ4n) is 3.31. The third kappa shape index (κ3) is 3.78. The number of halogens is 3. The normalized spacial score (nSPS) is 14.0. The standard InChI is InChI=1S/C18H18F2N4.ClH.H2O/c1-11-21-16-10-15(12-7-13(19)9-14(20)8-12)23-17(16)18(22-11)24-5-3-2-4-6-24;;/h7-10,23H,2-6H2,1H3;1H;1H2. The summed E-state index contributed by atoms with van der Waals surface area (Å²) < 4.78 is 27.0. The molecule has 0 aliphatic carbocycles. The fourth-order valence-corrected chi connectivity index (χ4v) is 3.31. The van der Waals surface area contributed by atoms with Gasteiger partial charge in [-0.15, -0.1) is 12.4 Å². The lowest BCUT2D eigenvalue weighted by atomic mass is 10.1. The summed E-state index contributed by atoms with van der Waals surface area (Å²) in [6, 6.07) is 5.32. The van der Waals surface area contributed by atoms with Gasteiger partial charge in [0.1, 0.15) is 23.0 Å². The third-order valence-corrected chi connectivity index (χ3v) is 4.40. The number of anilines is 1. The molecule has 0 amide bonds. The van der Waals surface area contributed by atoms with Gasteiger partial charge in [-0.3, -0.25) is 0 Å². The Morgan fingerprint density at radius 3 is 2.27 bits per heavy atom. The highest BCUT2D eigenvalue weighted by molar-refractivity contribution is 5.90. The minimum atomic E-state index is -0.595. The predicted octanol–water partition coefficient (Wildman–Crippen LogP) is 3.80. The smallest absolute Gasteiger partial charge is 0.156 e. The van der Waals surface area contributed by atoms with Crippen LogP contribution in [-0.4, -0.2) is 33.5 Å². The summed E-state index contributed by atoms with van der Waals surface area (Å²) in [5, 5.41) is 0. The molecule has 2 aromatic heterocycles. The second-order valence-corrected chi connectivity index (χ2v) is 6.24. The highest BCUT2D eigenvalue weighted by Gasteiger charge is 2.18. The first kappa shape index (κ1) is 20.1. The van der Waals surface area contributed by atoms with Crippen molar-refractivity contribution < 1.29 is 14.3 Å². The second kappa shape index (κ2) is 7.97. The molecule has 0 bridgehead atoms. The van der Waals surface area contributed by atoms with Gasteiger partial charge in [0, 0.05) is 30.4 Å². The lowest BCUT2D eigenvalue weighted by molar-refractivity contribution is 0.574. The van der Waals surface area contributed by atoms with Crippen molar-refractivity contribution in [3.63, 3.8) is 0 Å². The molecule has 1 aliphatic heterocycles. The van der Waals surface area contributed by atoms with Crippen molar-refractivity contribution in [2.45, 2.75) is 26.2 Å². The summed E-state index contributed by atoms with van der Waals surface area (Å²) >= 11 is 0. The van der Waals surface area contributed by atoms with Crippen LogP contribution in [0.15, 0.2) is 24.3 Å². The van der Waals surface area contributed by atoms with Crippen LogP contribution in [0, 0.1) is 18.6 Å². The molecule has 0 unspecified atom stereocenters. The second-order valence-electron chi connectivity index (χ2n) is 6.24. The molecule has 5 nitrogen and oxygen atoms in total. The molecule has 0 atom stereocenters. The van der Waals surface area contributed by atoms with E-state index in [-0.39, 0.29) is 17.9 Å². The summed E-state index contributed by atoms with van der Waals surface area (Å²) in [7, 11) is 0. The van der Waals surface area contributed by atoms with E-state index >= 15 is 0 Å². The number of nitrogens with zero attached hydrogens (tertiary/aromatic N) is 3. The summed E-state index contributed by atoms with van der Waals surface area (Å²) in [6.45, 7) is 3.80. The number of rotatable bonds is 2. The number of aryl methyl sites for hydroxylation is 1. The first-order chi connectivity index (χ1) is 11.6. The topological polar surface area (TPSA) is 76.3 Å². The predicted molar refractivity (Wildman–Crippen MR) is 101 cm³/mol. The molecule has 1 fully saturated rings. The molecular weight excluding hydrogens is 362 g/mol. The number of piperidine rings is 1. The van der Waals surface area contributed by atoms with Gasteiger partial charge < -0.3 is 15.4 Å². The Balaban J connectivity index is 0.00000121. The van der Waals surface area contributed by atoms with E-state index in [2.05, 4.69) is 19.9 Å². The van der Waals surface area contributed by atoms with Gasteiger partial charge in [-0.1, -0.05) is 0 Å². The number of aromatic nitrogens is 3. The van der Waals surface area contributed by atoms with E-state index in [0.29, 0.717) is 17.1 Å². The minimum absolute atomic E-state index is 0. The lowest BCUT2D eigenvalue weighted by Crippen LogP contribution is -2.30. The van der Waals surface area contributed by atoms with Crippen LogP contribution in [-0.2, 0) is 0 Å².